The molecule has 0 unspecified atom stereocenters. The maximum atomic E-state index is 12.7. The first-order chi connectivity index (χ1) is 15.0. The Bertz CT molecular complexity index is 1250. The summed E-state index contributed by atoms with van der Waals surface area (Å²) in [6, 6.07) is 15.2. The minimum atomic E-state index is -0.397. The van der Waals surface area contributed by atoms with Crippen molar-refractivity contribution in [1.29, 1.82) is 0 Å². The largest absolute Gasteiger partial charge is 0.316 e. The molecule has 0 radical (unpaired) electrons. The molecule has 0 saturated heterocycles. The van der Waals surface area contributed by atoms with E-state index in [1.807, 2.05) is 60.9 Å². The third-order valence-electron chi connectivity index (χ3n) is 4.89. The first-order valence-corrected chi connectivity index (χ1v) is 10.5. The van der Waals surface area contributed by atoms with Crippen LogP contribution in [0.3, 0.4) is 0 Å². The Morgan fingerprint density at radius 2 is 1.71 bits per heavy atom. The van der Waals surface area contributed by atoms with Gasteiger partial charge in [-0.25, -0.2) is 4.98 Å². The molecule has 7 nitrogen and oxygen atoms in total. The molecule has 0 aliphatic heterocycles. The minimum absolute atomic E-state index is 0.387. The van der Waals surface area contributed by atoms with Crippen molar-refractivity contribution in [1.82, 2.24) is 25.4 Å². The quantitative estimate of drug-likeness (QED) is 0.478. The van der Waals surface area contributed by atoms with Crippen LogP contribution in [0, 0.1) is 20.8 Å². The van der Waals surface area contributed by atoms with Crippen molar-refractivity contribution in [2.24, 2.45) is 0 Å². The van der Waals surface area contributed by atoms with E-state index in [2.05, 4.69) is 20.8 Å². The maximum absolute atomic E-state index is 12.7. The van der Waals surface area contributed by atoms with Gasteiger partial charge in [0.25, 0.3) is 11.8 Å². The zero-order valence-electron chi connectivity index (χ0n) is 17.3. The van der Waals surface area contributed by atoms with Gasteiger partial charge in [-0.05, 0) is 39.0 Å². The van der Waals surface area contributed by atoms with E-state index in [4.69, 9.17) is 0 Å². The fourth-order valence-corrected chi connectivity index (χ4v) is 4.39. The zero-order chi connectivity index (χ0) is 22.0. The number of carbonyl (C=O) groups is 2. The Balaban J connectivity index is 1.49. The van der Waals surface area contributed by atoms with Crippen LogP contribution in [0.15, 0.2) is 60.9 Å². The fourth-order valence-electron chi connectivity index (χ4n) is 3.42. The highest BCUT2D eigenvalue weighted by Crippen LogP contribution is 2.27. The molecule has 0 saturated carbocycles. The van der Waals surface area contributed by atoms with E-state index in [9.17, 15) is 9.59 Å². The number of aromatic nitrogens is 3. The smallest absolute Gasteiger partial charge is 0.281 e. The van der Waals surface area contributed by atoms with Crippen molar-refractivity contribution in [3.05, 3.63) is 88.4 Å². The predicted octanol–water partition coefficient (Wildman–Crippen LogP) is 4.00. The molecule has 0 spiro atoms. The van der Waals surface area contributed by atoms with Gasteiger partial charge in [-0.3, -0.25) is 25.4 Å². The van der Waals surface area contributed by atoms with E-state index < -0.39 is 5.91 Å². The lowest BCUT2D eigenvalue weighted by atomic mass is 10.2. The first kappa shape index (κ1) is 20.5. The van der Waals surface area contributed by atoms with Crippen LogP contribution >= 0.6 is 11.3 Å². The van der Waals surface area contributed by atoms with Crippen molar-refractivity contribution < 1.29 is 9.59 Å². The van der Waals surface area contributed by atoms with Gasteiger partial charge >= 0.3 is 0 Å². The van der Waals surface area contributed by atoms with Gasteiger partial charge in [-0.2, -0.15) is 0 Å². The molecule has 0 aliphatic rings. The number of nitrogens with one attached hydrogen (secondary N) is 2. The van der Waals surface area contributed by atoms with Crippen molar-refractivity contribution >= 4 is 23.2 Å². The van der Waals surface area contributed by atoms with Crippen molar-refractivity contribution in [2.75, 3.05) is 0 Å². The summed E-state index contributed by atoms with van der Waals surface area (Å²) < 4.78 is 1.95. The number of thiazole rings is 1. The number of pyridine rings is 1. The molecule has 0 bridgehead atoms. The van der Waals surface area contributed by atoms with Crippen molar-refractivity contribution in [3.8, 4) is 16.3 Å². The molecular weight excluding hydrogens is 410 g/mol. The van der Waals surface area contributed by atoms with Crippen LogP contribution in [0.25, 0.3) is 16.3 Å². The summed E-state index contributed by atoms with van der Waals surface area (Å²) >= 11 is 1.29. The number of amides is 2. The van der Waals surface area contributed by atoms with Crippen LogP contribution in [-0.2, 0) is 0 Å². The average molecular weight is 432 g/mol. The van der Waals surface area contributed by atoms with Crippen LogP contribution in [0.4, 0.5) is 0 Å². The summed E-state index contributed by atoms with van der Waals surface area (Å²) in [4.78, 5) is 34.5. The second kappa shape index (κ2) is 8.53. The van der Waals surface area contributed by atoms with Gasteiger partial charge < -0.3 is 4.57 Å². The third kappa shape index (κ3) is 4.10. The van der Waals surface area contributed by atoms with Crippen LogP contribution < -0.4 is 10.9 Å². The Labute approximate surface area is 183 Å². The second-order valence-corrected chi connectivity index (χ2v) is 8.04. The molecule has 31 heavy (non-hydrogen) atoms. The molecule has 4 rings (SSSR count). The molecule has 1 aromatic carbocycles. The maximum Gasteiger partial charge on any atom is 0.281 e. The molecule has 156 valence electrons. The Morgan fingerprint density at radius 3 is 2.42 bits per heavy atom. The topological polar surface area (TPSA) is 88.9 Å². The predicted molar refractivity (Wildman–Crippen MR) is 120 cm³/mol. The Morgan fingerprint density at radius 1 is 0.968 bits per heavy atom. The lowest BCUT2D eigenvalue weighted by molar-refractivity contribution is 0.0848. The van der Waals surface area contributed by atoms with Gasteiger partial charge in [-0.15, -0.1) is 11.3 Å². The molecule has 4 aromatic rings. The second-order valence-electron chi connectivity index (χ2n) is 7.04. The summed E-state index contributed by atoms with van der Waals surface area (Å²) in [5, 5.41) is 0.759. The van der Waals surface area contributed by atoms with E-state index in [1.54, 1.807) is 25.4 Å². The van der Waals surface area contributed by atoms with E-state index in [0.29, 0.717) is 16.1 Å². The van der Waals surface area contributed by atoms with Crippen LogP contribution in [0.2, 0.25) is 0 Å². The van der Waals surface area contributed by atoms with Gasteiger partial charge in [-0.1, -0.05) is 30.3 Å². The van der Waals surface area contributed by atoms with Gasteiger partial charge in [0, 0.05) is 23.1 Å². The van der Waals surface area contributed by atoms with E-state index >= 15 is 0 Å². The van der Waals surface area contributed by atoms with Crippen LogP contribution in [0.5, 0.6) is 0 Å². The first-order valence-electron chi connectivity index (χ1n) is 9.68. The van der Waals surface area contributed by atoms with E-state index in [1.165, 1.54) is 11.3 Å². The number of hydrazine groups is 1. The molecule has 0 atom stereocenters. The van der Waals surface area contributed by atoms with Crippen molar-refractivity contribution in [2.45, 2.75) is 20.8 Å². The number of rotatable bonds is 4. The molecule has 8 heteroatoms. The molecular formula is C23H21N5O2S. The van der Waals surface area contributed by atoms with Crippen molar-refractivity contribution in [3.63, 3.8) is 0 Å². The highest BCUT2D eigenvalue weighted by Gasteiger charge is 2.20. The van der Waals surface area contributed by atoms with Crippen LogP contribution in [-0.4, -0.2) is 26.3 Å². The summed E-state index contributed by atoms with van der Waals surface area (Å²) in [7, 11) is 0. The number of aryl methyl sites for hydroxylation is 2. The van der Waals surface area contributed by atoms with Gasteiger partial charge in [0.15, 0.2) is 0 Å². The number of nitrogens with zero attached hydrogens (tertiary/aromatic N) is 3. The van der Waals surface area contributed by atoms with Gasteiger partial charge in [0.1, 0.15) is 9.88 Å². The lowest BCUT2D eigenvalue weighted by Gasteiger charge is -2.10. The average Bonchev–Trinajstić information content (AvgIpc) is 3.32. The summed E-state index contributed by atoms with van der Waals surface area (Å²) in [6.07, 6.45) is 3.44. The summed E-state index contributed by atoms with van der Waals surface area (Å²) in [5.41, 5.74) is 9.60. The molecule has 3 heterocycles. The normalized spacial score (nSPS) is 10.7. The monoisotopic (exact) mass is 431 g/mol. The minimum Gasteiger partial charge on any atom is -0.316 e. The molecule has 0 fully saturated rings. The lowest BCUT2D eigenvalue weighted by Crippen LogP contribution is -2.41. The number of hydrogen-bond acceptors (Lipinski definition) is 5. The van der Waals surface area contributed by atoms with Gasteiger partial charge in [0.05, 0.1) is 23.1 Å². The van der Waals surface area contributed by atoms with Gasteiger partial charge in [0.2, 0.25) is 0 Å². The van der Waals surface area contributed by atoms with Crippen LogP contribution in [0.1, 0.15) is 37.1 Å². The van der Waals surface area contributed by atoms with E-state index in [-0.39, 0.29) is 5.91 Å². The fraction of sp³-hybridized carbons (Fsp3) is 0.130. The SMILES string of the molecule is Cc1nc(-c2ccccc2)sc1C(=O)NNC(=O)c1cc(C)n(-c2cccnc2)c1C. The molecule has 2 N–H and O–H groups in total. The summed E-state index contributed by atoms with van der Waals surface area (Å²) in [6.45, 7) is 5.55. The number of benzene rings is 1. The summed E-state index contributed by atoms with van der Waals surface area (Å²) in [5.74, 6) is -0.784. The molecule has 2 amide bonds. The zero-order valence-corrected chi connectivity index (χ0v) is 18.2. The Kier molecular flexibility index (Phi) is 5.64. The molecule has 0 aliphatic carbocycles. The number of carbonyl (C=O) groups excluding carboxylic acids is 2. The molecule has 3 aromatic heterocycles. The van der Waals surface area contributed by atoms with E-state index in [0.717, 1.165) is 27.6 Å². The highest BCUT2D eigenvalue weighted by atomic mass is 32.1. The highest BCUT2D eigenvalue weighted by molar-refractivity contribution is 7.17. The third-order valence-corrected chi connectivity index (χ3v) is 6.10. The standard InChI is InChI=1S/C23H21N5O2S/c1-14-12-19(16(3)28(14)18-10-7-11-24-13-18)21(29)26-27-22(30)20-15(2)25-23(31-20)17-8-5-4-6-9-17/h4-13H,1-3H3,(H,26,29)(H,27,30). The number of hydrogen-bond donors (Lipinski definition) is 2. The Hall–Kier alpha value is -3.78.